The third-order valence-electron chi connectivity index (χ3n) is 3.77. The molecule has 24 heavy (non-hydrogen) atoms. The van der Waals surface area contributed by atoms with Gasteiger partial charge in [0.1, 0.15) is 5.75 Å². The summed E-state index contributed by atoms with van der Waals surface area (Å²) in [7, 11) is 0. The lowest BCUT2D eigenvalue weighted by atomic mass is 10.1. The molecule has 0 aliphatic rings. The summed E-state index contributed by atoms with van der Waals surface area (Å²) in [5.41, 5.74) is 3.43. The molecule has 0 bridgehead atoms. The zero-order valence-electron chi connectivity index (χ0n) is 14.6. The second-order valence-electron chi connectivity index (χ2n) is 5.85. The van der Waals surface area contributed by atoms with Crippen LogP contribution in [0, 0.1) is 11.8 Å². The van der Waals surface area contributed by atoms with Gasteiger partial charge in [-0.1, -0.05) is 43.4 Å². The molecule has 0 saturated carbocycles. The van der Waals surface area contributed by atoms with Crippen molar-refractivity contribution in [1.82, 2.24) is 0 Å². The van der Waals surface area contributed by atoms with E-state index in [9.17, 15) is 0 Å². The number of ether oxygens (including phenoxy) is 1. The maximum atomic E-state index is 5.72. The highest BCUT2D eigenvalue weighted by molar-refractivity contribution is 5.44. The van der Waals surface area contributed by atoms with Gasteiger partial charge in [-0.3, -0.25) is 0 Å². The minimum atomic E-state index is 0.753. The lowest BCUT2D eigenvalue weighted by Gasteiger charge is -2.05. The summed E-state index contributed by atoms with van der Waals surface area (Å²) in [6.07, 6.45) is 7.49. The molecule has 0 N–H and O–H groups in total. The Morgan fingerprint density at radius 2 is 1.54 bits per heavy atom. The summed E-state index contributed by atoms with van der Waals surface area (Å²) in [6.45, 7) is 6.67. The quantitative estimate of drug-likeness (QED) is 0.341. The van der Waals surface area contributed by atoms with Crippen LogP contribution in [0.25, 0.3) is 0 Å². The number of allylic oxidation sites excluding steroid dienone is 1. The van der Waals surface area contributed by atoms with Crippen molar-refractivity contribution >= 4 is 0 Å². The molecular formula is C23H26O. The molecule has 0 aliphatic heterocycles. The van der Waals surface area contributed by atoms with E-state index in [0.29, 0.717) is 0 Å². The molecule has 2 aromatic rings. The molecule has 0 fully saturated rings. The molecule has 0 spiro atoms. The van der Waals surface area contributed by atoms with Gasteiger partial charge in [-0.25, -0.2) is 0 Å². The van der Waals surface area contributed by atoms with Crippen molar-refractivity contribution in [1.29, 1.82) is 0 Å². The van der Waals surface area contributed by atoms with E-state index in [2.05, 4.69) is 49.6 Å². The monoisotopic (exact) mass is 318 g/mol. The molecule has 2 rings (SSSR count). The molecule has 1 heteroatoms. The van der Waals surface area contributed by atoms with Gasteiger partial charge in [0.15, 0.2) is 0 Å². The van der Waals surface area contributed by atoms with Crippen molar-refractivity contribution in [2.75, 3.05) is 6.61 Å². The highest BCUT2D eigenvalue weighted by atomic mass is 16.5. The fourth-order valence-electron chi connectivity index (χ4n) is 2.40. The topological polar surface area (TPSA) is 9.23 Å². The number of hydrogen-bond acceptors (Lipinski definition) is 1. The first-order chi connectivity index (χ1) is 11.8. The van der Waals surface area contributed by atoms with Crippen molar-refractivity contribution in [3.63, 3.8) is 0 Å². The fraction of sp³-hybridized carbons (Fsp3) is 0.304. The number of aryl methyl sites for hydroxylation is 1. The third kappa shape index (κ3) is 6.34. The third-order valence-corrected chi connectivity index (χ3v) is 3.77. The van der Waals surface area contributed by atoms with E-state index >= 15 is 0 Å². The second-order valence-corrected chi connectivity index (χ2v) is 5.85. The van der Waals surface area contributed by atoms with E-state index in [-0.39, 0.29) is 0 Å². The Balaban J connectivity index is 1.86. The number of rotatable bonds is 8. The minimum absolute atomic E-state index is 0.753. The molecule has 124 valence electrons. The number of unbranched alkanes of at least 4 members (excludes halogenated alkanes) is 2. The van der Waals surface area contributed by atoms with E-state index in [1.54, 1.807) is 0 Å². The molecule has 0 aliphatic carbocycles. The zero-order chi connectivity index (χ0) is 17.0. The first-order valence-electron chi connectivity index (χ1n) is 8.76. The molecule has 0 aromatic heterocycles. The molecule has 1 nitrogen and oxygen atoms in total. The Morgan fingerprint density at radius 1 is 0.917 bits per heavy atom. The van der Waals surface area contributed by atoms with Crippen LogP contribution >= 0.6 is 0 Å². The molecule has 2 aromatic carbocycles. The predicted octanol–water partition coefficient (Wildman–Crippen LogP) is 5.77. The average molecular weight is 318 g/mol. The van der Waals surface area contributed by atoms with Crippen molar-refractivity contribution < 1.29 is 4.74 Å². The van der Waals surface area contributed by atoms with E-state index < -0.39 is 0 Å². The normalized spacial score (nSPS) is 9.88. The Hall–Kier alpha value is -2.46. The summed E-state index contributed by atoms with van der Waals surface area (Å²) in [5.74, 6) is 7.33. The first kappa shape index (κ1) is 17.9. The van der Waals surface area contributed by atoms with Crippen LogP contribution in [0.15, 0.2) is 61.2 Å². The van der Waals surface area contributed by atoms with Crippen molar-refractivity contribution in [3.8, 4) is 17.6 Å². The fourth-order valence-corrected chi connectivity index (χ4v) is 2.40. The van der Waals surface area contributed by atoms with Crippen LogP contribution in [0.1, 0.15) is 49.3 Å². The van der Waals surface area contributed by atoms with Gasteiger partial charge in [-0.15, -0.1) is 6.58 Å². The zero-order valence-corrected chi connectivity index (χ0v) is 14.6. The summed E-state index contributed by atoms with van der Waals surface area (Å²) in [5, 5.41) is 0. The predicted molar refractivity (Wildman–Crippen MR) is 102 cm³/mol. The van der Waals surface area contributed by atoms with E-state index in [4.69, 9.17) is 4.74 Å². The summed E-state index contributed by atoms with van der Waals surface area (Å²) >= 11 is 0. The van der Waals surface area contributed by atoms with Gasteiger partial charge < -0.3 is 4.74 Å². The number of hydrogen-bond donors (Lipinski definition) is 0. The van der Waals surface area contributed by atoms with Gasteiger partial charge in [0, 0.05) is 11.1 Å². The van der Waals surface area contributed by atoms with Crippen LogP contribution in [0.2, 0.25) is 0 Å². The van der Waals surface area contributed by atoms with E-state index in [0.717, 1.165) is 49.2 Å². The summed E-state index contributed by atoms with van der Waals surface area (Å²) in [6, 6.07) is 16.5. The van der Waals surface area contributed by atoms with Crippen LogP contribution in [-0.2, 0) is 6.42 Å². The largest absolute Gasteiger partial charge is 0.494 e. The SMILES string of the molecule is C=CCCCCOc1ccc(C#Cc2ccc(CCC)cc2)cc1. The highest BCUT2D eigenvalue weighted by Gasteiger charge is 1.95. The maximum absolute atomic E-state index is 5.72. The van der Waals surface area contributed by atoms with Gasteiger partial charge in [-0.05, 0) is 67.6 Å². The maximum Gasteiger partial charge on any atom is 0.119 e. The summed E-state index contributed by atoms with van der Waals surface area (Å²) < 4.78 is 5.72. The Kier molecular flexibility index (Phi) is 7.71. The molecule has 0 radical (unpaired) electrons. The molecular weight excluding hydrogens is 292 g/mol. The van der Waals surface area contributed by atoms with Crippen LogP contribution < -0.4 is 4.74 Å². The number of benzene rings is 2. The van der Waals surface area contributed by atoms with Gasteiger partial charge in [0.05, 0.1) is 6.61 Å². The van der Waals surface area contributed by atoms with Gasteiger partial charge in [-0.2, -0.15) is 0 Å². The summed E-state index contributed by atoms with van der Waals surface area (Å²) in [4.78, 5) is 0. The smallest absolute Gasteiger partial charge is 0.119 e. The Bertz CT molecular complexity index is 669. The van der Waals surface area contributed by atoms with Gasteiger partial charge in [0.2, 0.25) is 0 Å². The van der Waals surface area contributed by atoms with Crippen molar-refractivity contribution in [2.45, 2.75) is 39.0 Å². The van der Waals surface area contributed by atoms with Crippen LogP contribution in [0.5, 0.6) is 5.75 Å². The van der Waals surface area contributed by atoms with E-state index in [1.165, 1.54) is 12.0 Å². The van der Waals surface area contributed by atoms with Gasteiger partial charge in [0.25, 0.3) is 0 Å². The lowest BCUT2D eigenvalue weighted by Crippen LogP contribution is -1.96. The molecule has 0 heterocycles. The highest BCUT2D eigenvalue weighted by Crippen LogP contribution is 2.13. The Labute approximate surface area is 146 Å². The first-order valence-corrected chi connectivity index (χ1v) is 8.76. The Morgan fingerprint density at radius 3 is 2.12 bits per heavy atom. The van der Waals surface area contributed by atoms with Crippen LogP contribution in [0.4, 0.5) is 0 Å². The van der Waals surface area contributed by atoms with Crippen molar-refractivity contribution in [3.05, 3.63) is 77.9 Å². The van der Waals surface area contributed by atoms with Crippen molar-refractivity contribution in [2.24, 2.45) is 0 Å². The van der Waals surface area contributed by atoms with E-state index in [1.807, 2.05) is 30.3 Å². The van der Waals surface area contributed by atoms with Gasteiger partial charge >= 0.3 is 0 Å². The molecule has 0 amide bonds. The standard InChI is InChI=1S/C23H26O/c1-3-5-6-7-19-24-23-17-15-22(16-18-23)14-13-21-11-9-20(8-4-2)10-12-21/h3,9-12,15-18H,1,4-8,19H2,2H3. The average Bonchev–Trinajstić information content (AvgIpc) is 2.62. The second kappa shape index (κ2) is 10.3. The molecule has 0 unspecified atom stereocenters. The lowest BCUT2D eigenvalue weighted by molar-refractivity contribution is 0.307. The van der Waals surface area contributed by atoms with Crippen LogP contribution in [-0.4, -0.2) is 6.61 Å². The molecule has 0 saturated heterocycles. The molecule has 0 atom stereocenters. The van der Waals surface area contributed by atoms with Crippen LogP contribution in [0.3, 0.4) is 0 Å². The minimum Gasteiger partial charge on any atom is -0.494 e.